The van der Waals surface area contributed by atoms with Crippen LogP contribution in [0, 0.1) is 12.8 Å². The number of aryl methyl sites for hydroxylation is 1. The van der Waals surface area contributed by atoms with E-state index in [9.17, 15) is 9.90 Å². The summed E-state index contributed by atoms with van der Waals surface area (Å²) in [5, 5.41) is 14.0. The number of aliphatic imine (C=N–C) groups is 2. The Morgan fingerprint density at radius 2 is 2.15 bits per heavy atom. The van der Waals surface area contributed by atoms with Crippen LogP contribution in [0.25, 0.3) is 16.8 Å². The summed E-state index contributed by atoms with van der Waals surface area (Å²) in [6.07, 6.45) is 6.58. The first kappa shape index (κ1) is 23.2. The van der Waals surface area contributed by atoms with Crippen LogP contribution in [0.1, 0.15) is 25.0 Å². The van der Waals surface area contributed by atoms with Gasteiger partial charge in [0, 0.05) is 44.6 Å². The molecule has 4 heterocycles. The molecule has 1 aliphatic rings. The zero-order chi connectivity index (χ0) is 24.4. The standard InChI is InChI=1S/C25H29N7O2/c1-15(2)24(28-14-26-5)32-13-20(17(4)33)23(34)22-16(3)9-21(30-25(22)32)31-11-19(12-31)29-18-7-6-8-27-10-18/h6-10,13-15,19,29,33H,4,11-12H2,1-3,5H3. The van der Waals surface area contributed by atoms with Gasteiger partial charge in [0.05, 0.1) is 22.7 Å². The van der Waals surface area contributed by atoms with Crippen molar-refractivity contribution in [2.45, 2.75) is 26.8 Å². The lowest BCUT2D eigenvalue weighted by atomic mass is 10.1. The van der Waals surface area contributed by atoms with Crippen LogP contribution in [0.15, 0.2) is 58.1 Å². The van der Waals surface area contributed by atoms with Gasteiger partial charge in [0.2, 0.25) is 5.43 Å². The van der Waals surface area contributed by atoms with E-state index < -0.39 is 0 Å². The maximum absolute atomic E-state index is 13.2. The van der Waals surface area contributed by atoms with Gasteiger partial charge in [-0.05, 0) is 30.7 Å². The Bertz CT molecular complexity index is 1340. The number of anilines is 2. The van der Waals surface area contributed by atoms with Crippen molar-refractivity contribution >= 4 is 40.5 Å². The smallest absolute Gasteiger partial charge is 0.202 e. The fourth-order valence-corrected chi connectivity index (χ4v) is 4.07. The molecule has 0 bridgehead atoms. The highest BCUT2D eigenvalue weighted by Crippen LogP contribution is 2.27. The quantitative estimate of drug-likeness (QED) is 0.332. The first-order chi connectivity index (χ1) is 16.3. The number of hydrogen-bond acceptors (Lipinski definition) is 7. The van der Waals surface area contributed by atoms with Crippen LogP contribution in [-0.2, 0) is 0 Å². The molecule has 1 aliphatic heterocycles. The molecule has 9 heteroatoms. The molecule has 0 aliphatic carbocycles. The molecular weight excluding hydrogens is 430 g/mol. The number of nitrogens with one attached hydrogen (secondary N) is 1. The number of fused-ring (bicyclic) bond motifs is 1. The van der Waals surface area contributed by atoms with Gasteiger partial charge in [0.25, 0.3) is 0 Å². The second kappa shape index (κ2) is 9.46. The normalized spacial score (nSPS) is 14.7. The summed E-state index contributed by atoms with van der Waals surface area (Å²) in [6.45, 7) is 11.0. The van der Waals surface area contributed by atoms with Crippen molar-refractivity contribution < 1.29 is 5.11 Å². The zero-order valence-electron chi connectivity index (χ0n) is 19.9. The molecule has 1 saturated heterocycles. The van der Waals surface area contributed by atoms with E-state index >= 15 is 0 Å². The summed E-state index contributed by atoms with van der Waals surface area (Å²) in [7, 11) is 1.65. The van der Waals surface area contributed by atoms with E-state index in [4.69, 9.17) is 4.98 Å². The van der Waals surface area contributed by atoms with Crippen molar-refractivity contribution in [1.82, 2.24) is 14.5 Å². The van der Waals surface area contributed by atoms with E-state index in [1.54, 1.807) is 30.2 Å². The van der Waals surface area contributed by atoms with Crippen LogP contribution in [0.4, 0.5) is 11.5 Å². The van der Waals surface area contributed by atoms with Crippen molar-refractivity contribution in [2.24, 2.45) is 15.9 Å². The average Bonchev–Trinajstić information content (AvgIpc) is 2.77. The molecule has 9 nitrogen and oxygen atoms in total. The molecule has 176 valence electrons. The monoisotopic (exact) mass is 459 g/mol. The Balaban J connectivity index is 1.78. The predicted molar refractivity (Wildman–Crippen MR) is 138 cm³/mol. The maximum Gasteiger partial charge on any atom is 0.202 e. The molecule has 0 saturated carbocycles. The van der Waals surface area contributed by atoms with Crippen LogP contribution < -0.4 is 15.6 Å². The van der Waals surface area contributed by atoms with Gasteiger partial charge in [-0.15, -0.1) is 0 Å². The van der Waals surface area contributed by atoms with Crippen LogP contribution in [-0.4, -0.2) is 58.0 Å². The molecule has 0 aromatic carbocycles. The van der Waals surface area contributed by atoms with E-state index in [2.05, 4.69) is 31.8 Å². The summed E-state index contributed by atoms with van der Waals surface area (Å²) in [5.74, 6) is 1.15. The van der Waals surface area contributed by atoms with Crippen molar-refractivity contribution in [3.8, 4) is 0 Å². The van der Waals surface area contributed by atoms with Crippen molar-refractivity contribution in [3.63, 3.8) is 0 Å². The molecule has 3 aromatic heterocycles. The highest BCUT2D eigenvalue weighted by atomic mass is 16.3. The van der Waals surface area contributed by atoms with E-state index in [1.165, 1.54) is 6.34 Å². The third kappa shape index (κ3) is 4.41. The minimum absolute atomic E-state index is 0.00587. The lowest BCUT2D eigenvalue weighted by molar-refractivity contribution is 0.512. The fraction of sp³-hybridized carbons (Fsp3) is 0.320. The number of aliphatic hydroxyl groups is 1. The number of hydrogen-bond donors (Lipinski definition) is 2. The lowest BCUT2D eigenvalue weighted by Crippen LogP contribution is -2.55. The average molecular weight is 460 g/mol. The highest BCUT2D eigenvalue weighted by Gasteiger charge is 2.29. The van der Waals surface area contributed by atoms with Crippen LogP contribution >= 0.6 is 0 Å². The third-order valence-corrected chi connectivity index (χ3v) is 5.76. The second-order valence-electron chi connectivity index (χ2n) is 8.69. The topological polar surface area (TPSA) is 108 Å². The van der Waals surface area contributed by atoms with Gasteiger partial charge in [-0.25, -0.2) is 9.98 Å². The SMILES string of the molecule is C=C(O)c1cn(C(=NC=NC)C(C)C)c2nc(N3CC(Nc4cccnc4)C3)cc(C)c2c1=O. The molecule has 34 heavy (non-hydrogen) atoms. The molecule has 0 amide bonds. The zero-order valence-corrected chi connectivity index (χ0v) is 19.9. The summed E-state index contributed by atoms with van der Waals surface area (Å²) >= 11 is 0. The summed E-state index contributed by atoms with van der Waals surface area (Å²) in [4.78, 5) is 32.9. The van der Waals surface area contributed by atoms with Gasteiger partial charge in [0.15, 0.2) is 5.65 Å². The first-order valence-corrected chi connectivity index (χ1v) is 11.2. The molecular formula is C25H29N7O2. The Labute approximate surface area is 198 Å². The number of rotatable bonds is 6. The van der Waals surface area contributed by atoms with Crippen LogP contribution in [0.2, 0.25) is 0 Å². The molecule has 4 rings (SSSR count). The molecule has 0 radical (unpaired) electrons. The van der Waals surface area contributed by atoms with Gasteiger partial charge in [-0.3, -0.25) is 19.3 Å². The molecule has 3 aromatic rings. The van der Waals surface area contributed by atoms with Gasteiger partial charge in [-0.2, -0.15) is 0 Å². The highest BCUT2D eigenvalue weighted by molar-refractivity contribution is 5.99. The molecule has 2 N–H and O–H groups in total. The molecule has 0 unspecified atom stereocenters. The van der Waals surface area contributed by atoms with E-state index in [-0.39, 0.29) is 28.7 Å². The fourth-order valence-electron chi connectivity index (χ4n) is 4.07. The third-order valence-electron chi connectivity index (χ3n) is 5.76. The van der Waals surface area contributed by atoms with Crippen LogP contribution in [0.5, 0.6) is 0 Å². The Hall–Kier alpha value is -4.01. The number of nitrogens with zero attached hydrogens (tertiary/aromatic N) is 6. The number of pyridine rings is 3. The largest absolute Gasteiger partial charge is 0.508 e. The van der Waals surface area contributed by atoms with Crippen molar-refractivity contribution in [2.75, 3.05) is 30.4 Å². The summed E-state index contributed by atoms with van der Waals surface area (Å²) < 4.78 is 1.77. The Morgan fingerprint density at radius 3 is 2.76 bits per heavy atom. The van der Waals surface area contributed by atoms with Gasteiger partial charge in [-0.1, -0.05) is 20.4 Å². The van der Waals surface area contributed by atoms with E-state index in [0.29, 0.717) is 16.9 Å². The number of aliphatic hydroxyl groups excluding tert-OH is 1. The van der Waals surface area contributed by atoms with Gasteiger partial charge >= 0.3 is 0 Å². The maximum atomic E-state index is 13.2. The Morgan fingerprint density at radius 1 is 1.38 bits per heavy atom. The van der Waals surface area contributed by atoms with Gasteiger partial charge < -0.3 is 15.3 Å². The minimum atomic E-state index is -0.303. The van der Waals surface area contributed by atoms with Crippen LogP contribution in [0.3, 0.4) is 0 Å². The summed E-state index contributed by atoms with van der Waals surface area (Å²) in [6, 6.07) is 6.08. The van der Waals surface area contributed by atoms with Crippen molar-refractivity contribution in [1.29, 1.82) is 0 Å². The van der Waals surface area contributed by atoms with E-state index in [1.807, 2.05) is 39.0 Å². The summed E-state index contributed by atoms with van der Waals surface area (Å²) in [5.41, 5.74) is 2.07. The molecule has 1 fully saturated rings. The molecule has 0 atom stereocenters. The Kier molecular flexibility index (Phi) is 6.45. The predicted octanol–water partition coefficient (Wildman–Crippen LogP) is 3.49. The minimum Gasteiger partial charge on any atom is -0.508 e. The van der Waals surface area contributed by atoms with E-state index in [0.717, 1.165) is 30.2 Å². The lowest BCUT2D eigenvalue weighted by Gasteiger charge is -2.41. The van der Waals surface area contributed by atoms with Gasteiger partial charge in [0.1, 0.15) is 23.8 Å². The number of aromatic nitrogens is 3. The van der Waals surface area contributed by atoms with Crippen molar-refractivity contribution in [3.05, 3.63) is 64.7 Å². The second-order valence-corrected chi connectivity index (χ2v) is 8.69. The molecule has 0 spiro atoms. The first-order valence-electron chi connectivity index (χ1n) is 11.2.